The molecule has 3 fully saturated rings. The normalized spacial score (nSPS) is 43.2. The molecule has 0 unspecified atom stereocenters. The Hall–Kier alpha value is 0.759. The van der Waals surface area contributed by atoms with Crippen molar-refractivity contribution in [2.75, 3.05) is 19.6 Å². The summed E-state index contributed by atoms with van der Waals surface area (Å²) in [5.74, 6) is 0. The van der Waals surface area contributed by atoms with Crippen LogP contribution in [0.4, 0.5) is 0 Å². The standard InChI is InChI=1S/C9H18N.CH3.Sn/c1-4-7-10(8-5-2)9-6-3;;/h1-9H2;1H3;/i;1-1;. The van der Waals surface area contributed by atoms with Gasteiger partial charge in [0.1, 0.15) is 0 Å². The predicted octanol–water partition coefficient (Wildman–Crippen LogP) is 2.56. The molecule has 3 aliphatic heterocycles. The molecule has 70 valence electrons. The van der Waals surface area contributed by atoms with Crippen LogP contribution in [-0.2, 0) is 0 Å². The minimum atomic E-state index is -1.44. The first-order valence-electron chi connectivity index (χ1n) is 5.51. The molecule has 0 amide bonds. The van der Waals surface area contributed by atoms with E-state index in [2.05, 4.69) is 9.84 Å². The van der Waals surface area contributed by atoms with Gasteiger partial charge in [0.25, 0.3) is 0 Å². The van der Waals surface area contributed by atoms with Gasteiger partial charge in [-0.25, -0.2) is 0 Å². The summed E-state index contributed by atoms with van der Waals surface area (Å²) in [6.45, 7) is 4.27. The number of nitrogens with zero attached hydrogens (tertiary/aromatic N) is 1. The first kappa shape index (κ1) is 9.32. The molecule has 0 N–H and O–H groups in total. The second kappa shape index (κ2) is 3.87. The number of hydrogen-bond donors (Lipinski definition) is 0. The molecule has 0 aliphatic carbocycles. The fourth-order valence-electron chi connectivity index (χ4n) is 2.90. The van der Waals surface area contributed by atoms with Crippen molar-refractivity contribution in [2.45, 2.75) is 37.5 Å². The van der Waals surface area contributed by atoms with Gasteiger partial charge in [-0.1, -0.05) is 0 Å². The van der Waals surface area contributed by atoms with Crippen molar-refractivity contribution in [3.63, 3.8) is 0 Å². The minimum absolute atomic E-state index is 1.42. The molecule has 12 heavy (non-hydrogen) atoms. The van der Waals surface area contributed by atoms with E-state index in [-0.39, 0.29) is 0 Å². The Morgan fingerprint density at radius 2 is 1.25 bits per heavy atom. The molecule has 2 bridgehead atoms. The Morgan fingerprint density at radius 1 is 0.833 bits per heavy atom. The first-order valence-corrected chi connectivity index (χ1v) is 14.4. The van der Waals surface area contributed by atoms with E-state index in [0.29, 0.717) is 0 Å². The molecule has 3 heterocycles. The van der Waals surface area contributed by atoms with E-state index in [1.807, 2.05) is 0 Å². The molecule has 0 aromatic rings. The van der Waals surface area contributed by atoms with Gasteiger partial charge in [0.15, 0.2) is 0 Å². The molecular formula is C10H21NSn. The molecule has 3 saturated heterocycles. The maximum atomic E-state index is 2.72. The van der Waals surface area contributed by atoms with E-state index in [9.17, 15) is 0 Å². The van der Waals surface area contributed by atoms with E-state index >= 15 is 0 Å². The summed E-state index contributed by atoms with van der Waals surface area (Å²) in [4.78, 5) is 5.42. The van der Waals surface area contributed by atoms with Crippen molar-refractivity contribution >= 4 is 18.4 Å². The third-order valence-corrected chi connectivity index (χ3v) is 17.1. The molecule has 0 aromatic carbocycles. The fourth-order valence-corrected chi connectivity index (χ4v) is 13.7. The molecule has 0 atom stereocenters. The zero-order valence-electron chi connectivity index (χ0n) is 8.31. The van der Waals surface area contributed by atoms with Gasteiger partial charge in [-0.3, -0.25) is 0 Å². The van der Waals surface area contributed by atoms with E-state index in [0.717, 1.165) is 0 Å². The van der Waals surface area contributed by atoms with Crippen LogP contribution in [0.1, 0.15) is 19.3 Å². The van der Waals surface area contributed by atoms with Crippen molar-refractivity contribution < 1.29 is 0 Å². The summed E-state index contributed by atoms with van der Waals surface area (Å²) in [5.41, 5.74) is 0. The second-order valence-electron chi connectivity index (χ2n) is 4.96. The average Bonchev–Trinajstić information content (AvgIpc) is 1.93. The monoisotopic (exact) mass is 274 g/mol. The molecule has 0 spiro atoms. The van der Waals surface area contributed by atoms with Gasteiger partial charge in [0.2, 0.25) is 0 Å². The van der Waals surface area contributed by atoms with Crippen molar-refractivity contribution in [3.8, 4) is 0 Å². The first-order chi connectivity index (χ1) is 5.79. The molecular weight excluding hydrogens is 252 g/mol. The van der Waals surface area contributed by atoms with Gasteiger partial charge in [-0.15, -0.1) is 0 Å². The van der Waals surface area contributed by atoms with Gasteiger partial charge in [-0.05, 0) is 0 Å². The Morgan fingerprint density at radius 3 is 1.67 bits per heavy atom. The summed E-state index contributed by atoms with van der Waals surface area (Å²) in [7, 11) is 0. The second-order valence-corrected chi connectivity index (χ2v) is 19.6. The summed E-state index contributed by atoms with van der Waals surface area (Å²) < 4.78 is 5.06. The molecule has 1 nitrogen and oxygen atoms in total. The van der Waals surface area contributed by atoms with Gasteiger partial charge >= 0.3 is 80.4 Å². The summed E-state index contributed by atoms with van der Waals surface area (Å²) in [6.07, 6.45) is 4.60. The Kier molecular flexibility index (Phi) is 3.00. The number of rotatable bonds is 0. The fraction of sp³-hybridized carbons (Fsp3) is 1.00. The van der Waals surface area contributed by atoms with Gasteiger partial charge < -0.3 is 0 Å². The van der Waals surface area contributed by atoms with Crippen molar-refractivity contribution in [1.29, 1.82) is 0 Å². The van der Waals surface area contributed by atoms with Crippen LogP contribution in [-0.4, -0.2) is 42.9 Å². The number of fused-ring (bicyclic) bond motifs is 6. The molecule has 2 heteroatoms. The van der Waals surface area contributed by atoms with Crippen LogP contribution in [0.3, 0.4) is 0 Å². The quantitative estimate of drug-likeness (QED) is 0.613. The molecule has 3 rings (SSSR count). The summed E-state index contributed by atoms with van der Waals surface area (Å²) >= 11 is -1.44. The van der Waals surface area contributed by atoms with Gasteiger partial charge in [0.05, 0.1) is 0 Å². The molecule has 0 radical (unpaired) electrons. The number of hydrogen-bond acceptors (Lipinski definition) is 1. The van der Waals surface area contributed by atoms with Crippen LogP contribution < -0.4 is 0 Å². The van der Waals surface area contributed by atoms with Crippen molar-refractivity contribution in [3.05, 3.63) is 0 Å². The molecule has 0 saturated carbocycles. The maximum absolute atomic E-state index is 2.72. The topological polar surface area (TPSA) is 3.24 Å². The molecule has 3 aliphatic rings. The average molecular weight is 273 g/mol. The Bertz CT molecular complexity index is 131. The zero-order valence-corrected chi connectivity index (χ0v) is 11.2. The summed E-state index contributed by atoms with van der Waals surface area (Å²) in [5, 5.41) is 0. The van der Waals surface area contributed by atoms with Crippen LogP contribution >= 0.6 is 0 Å². The van der Waals surface area contributed by atoms with Gasteiger partial charge in [-0.2, -0.15) is 0 Å². The Labute approximate surface area is 80.4 Å². The van der Waals surface area contributed by atoms with Crippen molar-refractivity contribution in [1.82, 2.24) is 4.90 Å². The van der Waals surface area contributed by atoms with Crippen LogP contribution in [0.5, 0.6) is 0 Å². The predicted molar refractivity (Wildman–Crippen MR) is 56.3 cm³/mol. The third-order valence-electron chi connectivity index (χ3n) is 3.76. The van der Waals surface area contributed by atoms with Gasteiger partial charge in [0, 0.05) is 0 Å². The molecule has 0 aromatic heterocycles. The SMILES string of the molecule is [11CH3][Sn]12[CH2]CCN(CC[CH2]1)CC[CH2]2. The zero-order chi connectivity index (χ0) is 8.44. The third kappa shape index (κ3) is 2.16. The Balaban J connectivity index is 2.06. The van der Waals surface area contributed by atoms with Crippen LogP contribution in [0.2, 0.25) is 18.2 Å². The summed E-state index contributed by atoms with van der Waals surface area (Å²) in [6, 6.07) is 0. The van der Waals surface area contributed by atoms with Crippen LogP contribution in [0.15, 0.2) is 0 Å². The van der Waals surface area contributed by atoms with E-state index in [1.54, 1.807) is 13.3 Å². The van der Waals surface area contributed by atoms with E-state index in [4.69, 9.17) is 0 Å². The van der Waals surface area contributed by atoms with E-state index < -0.39 is 18.4 Å². The van der Waals surface area contributed by atoms with Crippen molar-refractivity contribution in [2.24, 2.45) is 0 Å². The van der Waals surface area contributed by atoms with Crippen LogP contribution in [0.25, 0.3) is 0 Å². The van der Waals surface area contributed by atoms with Crippen LogP contribution in [0, 0.1) is 0 Å². The van der Waals surface area contributed by atoms with E-state index in [1.165, 1.54) is 38.9 Å².